The molecule has 1 amide bonds. The molecular formula is C16H27N3O3. The minimum atomic E-state index is -0.747. The number of carboxylic acid groups (broad SMARTS) is 1. The maximum Gasteiger partial charge on any atom is 0.303 e. The number of amides is 1. The van der Waals surface area contributed by atoms with Gasteiger partial charge in [-0.15, -0.1) is 0 Å². The lowest BCUT2D eigenvalue weighted by atomic mass is 10.1. The smallest absolute Gasteiger partial charge is 0.303 e. The summed E-state index contributed by atoms with van der Waals surface area (Å²) in [6.45, 7) is 7.31. The van der Waals surface area contributed by atoms with Crippen LogP contribution in [0.5, 0.6) is 0 Å². The lowest BCUT2D eigenvalue weighted by molar-refractivity contribution is -0.137. The highest BCUT2D eigenvalue weighted by Crippen LogP contribution is 2.13. The number of carboxylic acids is 1. The summed E-state index contributed by atoms with van der Waals surface area (Å²) in [5.74, 6) is -0.814. The second-order valence-corrected chi connectivity index (χ2v) is 5.58. The second-order valence-electron chi connectivity index (χ2n) is 5.58. The van der Waals surface area contributed by atoms with Gasteiger partial charge in [-0.25, -0.2) is 0 Å². The molecule has 1 rings (SSSR count). The minimum Gasteiger partial charge on any atom is -0.481 e. The van der Waals surface area contributed by atoms with Gasteiger partial charge in [-0.3, -0.25) is 14.3 Å². The molecule has 0 spiro atoms. The summed E-state index contributed by atoms with van der Waals surface area (Å²) >= 11 is 0. The first-order chi connectivity index (χ1) is 10.5. The van der Waals surface area contributed by atoms with Crippen LogP contribution in [0, 0.1) is 13.8 Å². The van der Waals surface area contributed by atoms with Crippen molar-refractivity contribution in [2.75, 3.05) is 6.54 Å². The van der Waals surface area contributed by atoms with Gasteiger partial charge in [0.05, 0.1) is 11.3 Å². The van der Waals surface area contributed by atoms with Gasteiger partial charge in [0.2, 0.25) is 0 Å². The molecule has 0 saturated carbocycles. The Kier molecular flexibility index (Phi) is 7.63. The van der Waals surface area contributed by atoms with Gasteiger partial charge in [-0.1, -0.05) is 19.8 Å². The highest BCUT2D eigenvalue weighted by atomic mass is 16.4. The van der Waals surface area contributed by atoms with Gasteiger partial charge in [0, 0.05) is 25.2 Å². The highest BCUT2D eigenvalue weighted by molar-refractivity contribution is 5.96. The van der Waals surface area contributed by atoms with E-state index < -0.39 is 5.97 Å². The van der Waals surface area contributed by atoms with Crippen molar-refractivity contribution in [3.05, 3.63) is 17.0 Å². The van der Waals surface area contributed by atoms with Gasteiger partial charge >= 0.3 is 5.97 Å². The monoisotopic (exact) mass is 309 g/mol. The van der Waals surface area contributed by atoms with E-state index in [0.717, 1.165) is 43.6 Å². The average Bonchev–Trinajstić information content (AvgIpc) is 2.72. The predicted octanol–water partition coefficient (Wildman–Crippen LogP) is 2.67. The van der Waals surface area contributed by atoms with E-state index in [2.05, 4.69) is 17.3 Å². The number of rotatable bonds is 10. The predicted molar refractivity (Wildman–Crippen MR) is 85.0 cm³/mol. The summed E-state index contributed by atoms with van der Waals surface area (Å²) in [7, 11) is 0. The fourth-order valence-electron chi connectivity index (χ4n) is 2.50. The topological polar surface area (TPSA) is 84.2 Å². The zero-order chi connectivity index (χ0) is 16.5. The molecule has 0 aliphatic rings. The number of aromatic nitrogens is 2. The van der Waals surface area contributed by atoms with E-state index in [0.29, 0.717) is 18.5 Å². The molecule has 1 aromatic rings. The van der Waals surface area contributed by atoms with Gasteiger partial charge in [-0.2, -0.15) is 5.10 Å². The third-order valence-corrected chi connectivity index (χ3v) is 3.65. The number of hydrogen-bond donors (Lipinski definition) is 2. The Balaban J connectivity index is 2.35. The van der Waals surface area contributed by atoms with Crippen LogP contribution in [0.1, 0.15) is 67.2 Å². The van der Waals surface area contributed by atoms with E-state index >= 15 is 0 Å². The Morgan fingerprint density at radius 3 is 2.50 bits per heavy atom. The normalized spacial score (nSPS) is 10.7. The molecule has 0 aliphatic heterocycles. The van der Waals surface area contributed by atoms with Crippen molar-refractivity contribution in [3.8, 4) is 0 Å². The van der Waals surface area contributed by atoms with Gasteiger partial charge in [-0.05, 0) is 33.1 Å². The summed E-state index contributed by atoms with van der Waals surface area (Å²) in [6.07, 6.45) is 4.59. The van der Waals surface area contributed by atoms with Crippen LogP contribution >= 0.6 is 0 Å². The molecule has 0 fully saturated rings. The first-order valence-electron chi connectivity index (χ1n) is 8.01. The molecule has 1 heterocycles. The summed E-state index contributed by atoms with van der Waals surface area (Å²) in [6, 6.07) is 0. The SMILES string of the molecule is CCCn1nc(C)c(C(=O)NCCCCCCC(=O)O)c1C. The molecule has 0 unspecified atom stereocenters. The molecule has 0 aromatic carbocycles. The number of nitrogens with one attached hydrogen (secondary N) is 1. The number of nitrogens with zero attached hydrogens (tertiary/aromatic N) is 2. The molecule has 0 radical (unpaired) electrons. The molecule has 124 valence electrons. The van der Waals surface area contributed by atoms with E-state index in [-0.39, 0.29) is 12.3 Å². The van der Waals surface area contributed by atoms with E-state index in [1.54, 1.807) is 0 Å². The van der Waals surface area contributed by atoms with Crippen LogP contribution in [-0.4, -0.2) is 33.3 Å². The summed E-state index contributed by atoms with van der Waals surface area (Å²) < 4.78 is 1.89. The van der Waals surface area contributed by atoms with Crippen LogP contribution in [0.2, 0.25) is 0 Å². The minimum absolute atomic E-state index is 0.0668. The van der Waals surface area contributed by atoms with Crippen molar-refractivity contribution in [2.45, 2.75) is 65.8 Å². The Bertz CT molecular complexity index is 509. The molecule has 0 aliphatic carbocycles. The summed E-state index contributed by atoms with van der Waals surface area (Å²) in [5.41, 5.74) is 2.36. The molecule has 0 bridgehead atoms. The summed E-state index contributed by atoms with van der Waals surface area (Å²) in [5, 5.41) is 15.9. The van der Waals surface area contributed by atoms with Crippen LogP contribution in [0.4, 0.5) is 0 Å². The van der Waals surface area contributed by atoms with Crippen LogP contribution in [-0.2, 0) is 11.3 Å². The fraction of sp³-hybridized carbons (Fsp3) is 0.688. The largest absolute Gasteiger partial charge is 0.481 e. The van der Waals surface area contributed by atoms with E-state index in [4.69, 9.17) is 5.11 Å². The average molecular weight is 309 g/mol. The molecule has 0 saturated heterocycles. The molecule has 1 aromatic heterocycles. The summed E-state index contributed by atoms with van der Waals surface area (Å²) in [4.78, 5) is 22.6. The number of aliphatic carboxylic acids is 1. The van der Waals surface area contributed by atoms with Crippen LogP contribution < -0.4 is 5.32 Å². The van der Waals surface area contributed by atoms with E-state index in [9.17, 15) is 9.59 Å². The van der Waals surface area contributed by atoms with Gasteiger partial charge in [0.15, 0.2) is 0 Å². The van der Waals surface area contributed by atoms with E-state index in [1.807, 2.05) is 18.5 Å². The van der Waals surface area contributed by atoms with Crippen molar-refractivity contribution in [3.63, 3.8) is 0 Å². The number of aryl methyl sites for hydroxylation is 2. The Morgan fingerprint density at radius 2 is 1.86 bits per heavy atom. The lowest BCUT2D eigenvalue weighted by Gasteiger charge is -2.06. The first-order valence-corrected chi connectivity index (χ1v) is 8.01. The van der Waals surface area contributed by atoms with Crippen molar-refractivity contribution in [2.24, 2.45) is 0 Å². The fourth-order valence-corrected chi connectivity index (χ4v) is 2.50. The third kappa shape index (κ3) is 5.50. The highest BCUT2D eigenvalue weighted by Gasteiger charge is 2.17. The number of carbonyl (C=O) groups excluding carboxylic acids is 1. The van der Waals surface area contributed by atoms with Gasteiger partial charge in [0.25, 0.3) is 5.91 Å². The quantitative estimate of drug-likeness (QED) is 0.651. The maximum atomic E-state index is 12.2. The van der Waals surface area contributed by atoms with Crippen LogP contribution in [0.15, 0.2) is 0 Å². The third-order valence-electron chi connectivity index (χ3n) is 3.65. The number of hydrogen-bond acceptors (Lipinski definition) is 3. The number of unbranched alkanes of at least 4 members (excludes halogenated alkanes) is 3. The standard InChI is InChI=1S/C16H27N3O3/c1-4-11-19-13(3)15(12(2)18-19)16(22)17-10-8-6-5-7-9-14(20)21/h4-11H2,1-3H3,(H,17,22)(H,20,21). The Labute approximate surface area is 131 Å². The van der Waals surface area contributed by atoms with Crippen LogP contribution in [0.3, 0.4) is 0 Å². The number of carbonyl (C=O) groups is 2. The van der Waals surface area contributed by atoms with Crippen molar-refractivity contribution in [1.82, 2.24) is 15.1 Å². The zero-order valence-corrected chi connectivity index (χ0v) is 13.8. The van der Waals surface area contributed by atoms with Crippen LogP contribution in [0.25, 0.3) is 0 Å². The molecular weight excluding hydrogens is 282 g/mol. The first kappa shape index (κ1) is 18.2. The molecule has 2 N–H and O–H groups in total. The van der Waals surface area contributed by atoms with Gasteiger partial charge < -0.3 is 10.4 Å². The molecule has 6 nitrogen and oxygen atoms in total. The molecule has 22 heavy (non-hydrogen) atoms. The molecule has 0 atom stereocenters. The second kappa shape index (κ2) is 9.23. The maximum absolute atomic E-state index is 12.2. The van der Waals surface area contributed by atoms with Gasteiger partial charge in [0.1, 0.15) is 0 Å². The van der Waals surface area contributed by atoms with Crippen molar-refractivity contribution < 1.29 is 14.7 Å². The lowest BCUT2D eigenvalue weighted by Crippen LogP contribution is -2.25. The van der Waals surface area contributed by atoms with Crippen molar-refractivity contribution >= 4 is 11.9 Å². The molecule has 6 heteroatoms. The Hall–Kier alpha value is -1.85. The van der Waals surface area contributed by atoms with E-state index in [1.165, 1.54) is 0 Å². The Morgan fingerprint density at radius 1 is 1.18 bits per heavy atom. The zero-order valence-electron chi connectivity index (χ0n) is 13.8. The van der Waals surface area contributed by atoms with Crippen molar-refractivity contribution in [1.29, 1.82) is 0 Å².